The molecule has 0 fully saturated rings. The molecule has 26 heavy (non-hydrogen) atoms. The number of rotatable bonds is 7. The van der Waals surface area contributed by atoms with Crippen molar-refractivity contribution in [1.29, 1.82) is 0 Å². The summed E-state index contributed by atoms with van der Waals surface area (Å²) < 4.78 is 5.16. The molecule has 3 aromatic rings. The number of nitrogens with zero attached hydrogens (tertiary/aromatic N) is 1. The van der Waals surface area contributed by atoms with Crippen LogP contribution in [0.2, 0.25) is 0 Å². The van der Waals surface area contributed by atoms with Crippen molar-refractivity contribution in [2.24, 2.45) is 0 Å². The molecule has 0 aliphatic heterocycles. The van der Waals surface area contributed by atoms with E-state index in [4.69, 9.17) is 4.74 Å². The molecule has 0 radical (unpaired) electrons. The first-order chi connectivity index (χ1) is 12.7. The van der Waals surface area contributed by atoms with Gasteiger partial charge < -0.3 is 15.4 Å². The second-order valence-electron chi connectivity index (χ2n) is 5.77. The molecule has 0 bridgehead atoms. The molecule has 0 saturated heterocycles. The molecule has 1 aromatic heterocycles. The Morgan fingerprint density at radius 3 is 2.54 bits per heavy atom. The number of nitrogens with one attached hydrogen (secondary N) is 2. The molecule has 0 aliphatic carbocycles. The Hall–Kier alpha value is -3.34. The van der Waals surface area contributed by atoms with E-state index >= 15 is 0 Å². The number of para-hydroxylation sites is 1. The largest absolute Gasteiger partial charge is 0.497 e. The molecule has 0 spiro atoms. The fourth-order valence-electron chi connectivity index (χ4n) is 2.52. The van der Waals surface area contributed by atoms with Gasteiger partial charge in [0.2, 0.25) is 0 Å². The van der Waals surface area contributed by atoms with E-state index in [1.807, 2.05) is 54.6 Å². The van der Waals surface area contributed by atoms with E-state index in [1.165, 1.54) is 5.56 Å². The highest BCUT2D eigenvalue weighted by Crippen LogP contribution is 2.13. The van der Waals surface area contributed by atoms with E-state index in [-0.39, 0.29) is 5.91 Å². The first-order valence-corrected chi connectivity index (χ1v) is 8.44. The van der Waals surface area contributed by atoms with Crippen LogP contribution in [-0.4, -0.2) is 24.5 Å². The summed E-state index contributed by atoms with van der Waals surface area (Å²) in [5.74, 6) is 1.37. The maximum absolute atomic E-state index is 12.3. The number of anilines is 2. The van der Waals surface area contributed by atoms with E-state index in [1.54, 1.807) is 25.4 Å². The molecule has 0 saturated carbocycles. The van der Waals surface area contributed by atoms with Crippen LogP contribution in [0.1, 0.15) is 15.9 Å². The Morgan fingerprint density at radius 2 is 1.81 bits per heavy atom. The van der Waals surface area contributed by atoms with Crippen molar-refractivity contribution in [2.75, 3.05) is 24.3 Å². The van der Waals surface area contributed by atoms with Crippen LogP contribution in [0.4, 0.5) is 11.5 Å². The average Bonchev–Trinajstić information content (AvgIpc) is 2.69. The smallest absolute Gasteiger partial charge is 0.255 e. The summed E-state index contributed by atoms with van der Waals surface area (Å²) >= 11 is 0. The van der Waals surface area contributed by atoms with Crippen molar-refractivity contribution >= 4 is 17.4 Å². The number of pyridine rings is 1. The molecule has 132 valence electrons. The summed E-state index contributed by atoms with van der Waals surface area (Å²) in [5.41, 5.74) is 2.54. The third-order valence-corrected chi connectivity index (χ3v) is 3.93. The SMILES string of the molecule is COc1ccc(CCNc2cc(C(=O)Nc3ccccc3)ccn2)cc1. The minimum absolute atomic E-state index is 0.156. The number of aromatic nitrogens is 1. The van der Waals surface area contributed by atoms with Gasteiger partial charge in [-0.1, -0.05) is 30.3 Å². The lowest BCUT2D eigenvalue weighted by Gasteiger charge is -2.09. The molecular weight excluding hydrogens is 326 g/mol. The number of carbonyl (C=O) groups is 1. The zero-order valence-corrected chi connectivity index (χ0v) is 14.6. The van der Waals surface area contributed by atoms with Crippen molar-refractivity contribution in [3.63, 3.8) is 0 Å². The monoisotopic (exact) mass is 347 g/mol. The number of methoxy groups -OCH3 is 1. The molecule has 0 atom stereocenters. The van der Waals surface area contributed by atoms with Gasteiger partial charge in [-0.05, 0) is 48.4 Å². The van der Waals surface area contributed by atoms with Crippen LogP contribution in [-0.2, 0) is 6.42 Å². The fraction of sp³-hybridized carbons (Fsp3) is 0.143. The second-order valence-corrected chi connectivity index (χ2v) is 5.77. The van der Waals surface area contributed by atoms with Crippen LogP contribution in [0.25, 0.3) is 0 Å². The minimum atomic E-state index is -0.156. The number of hydrogen-bond acceptors (Lipinski definition) is 4. The predicted octanol–water partition coefficient (Wildman–Crippen LogP) is 4.00. The Kier molecular flexibility index (Phi) is 5.83. The molecule has 0 unspecified atom stereocenters. The van der Waals surface area contributed by atoms with E-state index in [0.717, 1.165) is 24.4 Å². The van der Waals surface area contributed by atoms with Crippen LogP contribution >= 0.6 is 0 Å². The van der Waals surface area contributed by atoms with Crippen LogP contribution in [0.3, 0.4) is 0 Å². The number of carbonyl (C=O) groups excluding carboxylic acids is 1. The van der Waals surface area contributed by atoms with Crippen LogP contribution in [0.5, 0.6) is 5.75 Å². The highest BCUT2D eigenvalue weighted by Gasteiger charge is 2.07. The molecule has 0 aliphatic rings. The maximum atomic E-state index is 12.3. The van der Waals surface area contributed by atoms with Gasteiger partial charge in [0.1, 0.15) is 11.6 Å². The minimum Gasteiger partial charge on any atom is -0.497 e. The summed E-state index contributed by atoms with van der Waals surface area (Å²) in [4.78, 5) is 16.6. The number of hydrogen-bond donors (Lipinski definition) is 2. The van der Waals surface area contributed by atoms with Gasteiger partial charge in [-0.25, -0.2) is 4.98 Å². The van der Waals surface area contributed by atoms with Crippen molar-refractivity contribution in [3.8, 4) is 5.75 Å². The van der Waals surface area contributed by atoms with E-state index in [9.17, 15) is 4.79 Å². The first kappa shape index (κ1) is 17.5. The first-order valence-electron chi connectivity index (χ1n) is 8.44. The van der Waals surface area contributed by atoms with Gasteiger partial charge in [-0.3, -0.25) is 4.79 Å². The van der Waals surface area contributed by atoms with Crippen molar-refractivity contribution < 1.29 is 9.53 Å². The molecule has 5 nitrogen and oxygen atoms in total. The standard InChI is InChI=1S/C21H21N3O2/c1-26-19-9-7-16(8-10-19)11-13-22-20-15-17(12-14-23-20)21(25)24-18-5-3-2-4-6-18/h2-10,12,14-15H,11,13H2,1H3,(H,22,23)(H,24,25). The number of benzene rings is 2. The summed E-state index contributed by atoms with van der Waals surface area (Å²) in [6, 6.07) is 20.8. The van der Waals surface area contributed by atoms with E-state index in [0.29, 0.717) is 11.4 Å². The lowest BCUT2D eigenvalue weighted by Crippen LogP contribution is -2.13. The molecule has 2 N–H and O–H groups in total. The van der Waals surface area contributed by atoms with E-state index in [2.05, 4.69) is 15.6 Å². The summed E-state index contributed by atoms with van der Waals surface area (Å²) in [6.07, 6.45) is 2.49. The summed E-state index contributed by atoms with van der Waals surface area (Å²) in [5, 5.41) is 6.13. The second kappa shape index (κ2) is 8.67. The van der Waals surface area contributed by atoms with Crippen LogP contribution in [0.15, 0.2) is 72.9 Å². The predicted molar refractivity (Wildman–Crippen MR) is 104 cm³/mol. The normalized spacial score (nSPS) is 10.2. The molecule has 2 aromatic carbocycles. The zero-order valence-electron chi connectivity index (χ0n) is 14.6. The third-order valence-electron chi connectivity index (χ3n) is 3.93. The third kappa shape index (κ3) is 4.83. The summed E-state index contributed by atoms with van der Waals surface area (Å²) in [6.45, 7) is 0.725. The molecule has 1 heterocycles. The number of ether oxygens (including phenoxy) is 1. The van der Waals surface area contributed by atoms with Crippen LogP contribution < -0.4 is 15.4 Å². The molecule has 5 heteroatoms. The Balaban J connectivity index is 1.55. The summed E-state index contributed by atoms with van der Waals surface area (Å²) in [7, 11) is 1.66. The maximum Gasteiger partial charge on any atom is 0.255 e. The van der Waals surface area contributed by atoms with Crippen molar-refractivity contribution in [2.45, 2.75) is 6.42 Å². The Bertz CT molecular complexity index is 849. The van der Waals surface area contributed by atoms with Gasteiger partial charge in [0, 0.05) is 24.0 Å². The topological polar surface area (TPSA) is 63.2 Å². The molecular formula is C21H21N3O2. The molecule has 3 rings (SSSR count). The lowest BCUT2D eigenvalue weighted by molar-refractivity contribution is 0.102. The van der Waals surface area contributed by atoms with Crippen molar-refractivity contribution in [1.82, 2.24) is 4.98 Å². The van der Waals surface area contributed by atoms with Crippen LogP contribution in [0, 0.1) is 0 Å². The van der Waals surface area contributed by atoms with Crippen molar-refractivity contribution in [3.05, 3.63) is 84.1 Å². The van der Waals surface area contributed by atoms with Gasteiger partial charge in [-0.2, -0.15) is 0 Å². The van der Waals surface area contributed by atoms with E-state index < -0.39 is 0 Å². The highest BCUT2D eigenvalue weighted by atomic mass is 16.5. The van der Waals surface area contributed by atoms with Gasteiger partial charge in [0.05, 0.1) is 7.11 Å². The lowest BCUT2D eigenvalue weighted by atomic mass is 10.1. The van der Waals surface area contributed by atoms with Gasteiger partial charge in [0.25, 0.3) is 5.91 Å². The Morgan fingerprint density at radius 1 is 1.04 bits per heavy atom. The molecule has 1 amide bonds. The van der Waals surface area contributed by atoms with Gasteiger partial charge >= 0.3 is 0 Å². The Labute approximate surface area is 153 Å². The fourth-order valence-corrected chi connectivity index (χ4v) is 2.52. The number of amides is 1. The quantitative estimate of drug-likeness (QED) is 0.678. The average molecular weight is 347 g/mol. The van der Waals surface area contributed by atoms with Gasteiger partial charge in [-0.15, -0.1) is 0 Å². The highest BCUT2D eigenvalue weighted by molar-refractivity contribution is 6.04. The van der Waals surface area contributed by atoms with Gasteiger partial charge in [0.15, 0.2) is 0 Å². The zero-order chi connectivity index (χ0) is 18.2.